The lowest BCUT2D eigenvalue weighted by Gasteiger charge is -2.26. The van der Waals surface area contributed by atoms with E-state index in [-0.39, 0.29) is 24.0 Å². The Balaban J connectivity index is 1.31. The molecule has 45 heavy (non-hydrogen) atoms. The summed E-state index contributed by atoms with van der Waals surface area (Å²) >= 11 is 1.26. The molecule has 0 saturated carbocycles. The number of thiazole rings is 1. The van der Waals surface area contributed by atoms with E-state index in [4.69, 9.17) is 19.2 Å². The third kappa shape index (κ3) is 6.59. The van der Waals surface area contributed by atoms with E-state index in [1.54, 1.807) is 41.7 Å². The predicted octanol–water partition coefficient (Wildman–Crippen LogP) is 3.12. The first-order chi connectivity index (χ1) is 21.9. The van der Waals surface area contributed by atoms with Crippen LogP contribution in [-0.2, 0) is 14.3 Å². The number of carbonyl (C=O) groups is 2. The van der Waals surface area contributed by atoms with Gasteiger partial charge in [0.2, 0.25) is 0 Å². The van der Waals surface area contributed by atoms with Crippen LogP contribution in [0.25, 0.3) is 6.08 Å². The van der Waals surface area contributed by atoms with Gasteiger partial charge in [-0.3, -0.25) is 19.0 Å². The first kappa shape index (κ1) is 30.0. The standard InChI is InChI=1S/C34H32N4O6S/c1-22-30(32(40)36-25-8-4-3-5-9-25)31(24-7-6-10-27(20-24)42-2)38-33(41)28(45-34(38)35-22)19-23-11-13-26(14-12-23)44-21-29(39)37-15-17-43-18-16-37/h3-14,19-20,31H,15-18,21H2,1-2H3,(H,36,40)/b28-19+/t31-/m0/s1. The molecule has 0 spiro atoms. The largest absolute Gasteiger partial charge is 0.497 e. The quantitative estimate of drug-likeness (QED) is 0.323. The molecule has 1 aromatic heterocycles. The average molecular weight is 625 g/mol. The number of amides is 2. The number of ether oxygens (including phenoxy) is 3. The molecule has 0 radical (unpaired) electrons. The summed E-state index contributed by atoms with van der Waals surface area (Å²) in [5.74, 6) is 0.743. The maximum absolute atomic E-state index is 14.0. The Hall–Kier alpha value is -5.00. The van der Waals surface area contributed by atoms with Crippen LogP contribution in [0, 0.1) is 0 Å². The van der Waals surface area contributed by atoms with Gasteiger partial charge in [-0.1, -0.05) is 53.8 Å². The number of carbonyl (C=O) groups excluding carboxylic acids is 2. The smallest absolute Gasteiger partial charge is 0.271 e. The summed E-state index contributed by atoms with van der Waals surface area (Å²) in [7, 11) is 1.58. The zero-order chi connectivity index (χ0) is 31.3. The lowest BCUT2D eigenvalue weighted by atomic mass is 9.95. The lowest BCUT2D eigenvalue weighted by Crippen LogP contribution is -2.42. The van der Waals surface area contributed by atoms with Crippen molar-refractivity contribution in [2.75, 3.05) is 45.3 Å². The van der Waals surface area contributed by atoms with Crippen molar-refractivity contribution in [3.63, 3.8) is 0 Å². The molecule has 6 rings (SSSR count). The Labute approximate surface area is 263 Å². The number of hydrogen-bond donors (Lipinski definition) is 1. The van der Waals surface area contributed by atoms with Crippen LogP contribution in [0.2, 0.25) is 0 Å². The zero-order valence-electron chi connectivity index (χ0n) is 24.9. The molecule has 0 bridgehead atoms. The number of para-hydroxylation sites is 1. The molecule has 2 amide bonds. The van der Waals surface area contributed by atoms with Gasteiger partial charge in [-0.2, -0.15) is 0 Å². The van der Waals surface area contributed by atoms with Gasteiger partial charge in [0.25, 0.3) is 17.4 Å². The van der Waals surface area contributed by atoms with Gasteiger partial charge in [-0.15, -0.1) is 0 Å². The Bertz CT molecular complexity index is 1930. The highest BCUT2D eigenvalue weighted by Crippen LogP contribution is 2.32. The second kappa shape index (κ2) is 13.3. The van der Waals surface area contributed by atoms with E-state index in [1.165, 1.54) is 11.3 Å². The first-order valence-electron chi connectivity index (χ1n) is 14.5. The number of morpholine rings is 1. The number of fused-ring (bicyclic) bond motifs is 1. The van der Waals surface area contributed by atoms with Crippen molar-refractivity contribution >= 4 is 34.9 Å². The van der Waals surface area contributed by atoms with Crippen molar-refractivity contribution < 1.29 is 23.8 Å². The summed E-state index contributed by atoms with van der Waals surface area (Å²) in [4.78, 5) is 47.1. The van der Waals surface area contributed by atoms with Crippen LogP contribution in [0.15, 0.2) is 99.9 Å². The van der Waals surface area contributed by atoms with Crippen molar-refractivity contribution in [3.05, 3.63) is 121 Å². The van der Waals surface area contributed by atoms with Crippen LogP contribution in [0.5, 0.6) is 11.5 Å². The van der Waals surface area contributed by atoms with Gasteiger partial charge in [-0.05, 0) is 60.5 Å². The summed E-state index contributed by atoms with van der Waals surface area (Å²) in [6.07, 6.45) is 1.79. The van der Waals surface area contributed by atoms with Gasteiger partial charge in [0.1, 0.15) is 11.5 Å². The molecule has 10 nitrogen and oxygen atoms in total. The molecule has 1 N–H and O–H groups in total. The van der Waals surface area contributed by atoms with E-state index in [1.807, 2.05) is 66.7 Å². The molecule has 2 aliphatic rings. The number of nitrogens with one attached hydrogen (secondary N) is 1. The minimum absolute atomic E-state index is 0.0538. The number of hydrogen-bond acceptors (Lipinski definition) is 8. The van der Waals surface area contributed by atoms with Gasteiger partial charge in [-0.25, -0.2) is 4.99 Å². The number of anilines is 1. The first-order valence-corrected chi connectivity index (χ1v) is 15.3. The Morgan fingerprint density at radius 1 is 1.02 bits per heavy atom. The molecule has 230 valence electrons. The van der Waals surface area contributed by atoms with Gasteiger partial charge >= 0.3 is 0 Å². The fourth-order valence-electron chi connectivity index (χ4n) is 5.32. The van der Waals surface area contributed by atoms with Crippen LogP contribution in [0.3, 0.4) is 0 Å². The van der Waals surface area contributed by atoms with Crippen molar-refractivity contribution in [1.29, 1.82) is 0 Å². The molecule has 1 saturated heterocycles. The number of methoxy groups -OCH3 is 1. The molecule has 1 fully saturated rings. The number of allylic oxidation sites excluding steroid dienone is 1. The Morgan fingerprint density at radius 3 is 2.51 bits per heavy atom. The zero-order valence-corrected chi connectivity index (χ0v) is 25.7. The van der Waals surface area contributed by atoms with Crippen LogP contribution >= 0.6 is 11.3 Å². The molecule has 3 heterocycles. The monoisotopic (exact) mass is 624 g/mol. The molecular weight excluding hydrogens is 592 g/mol. The highest BCUT2D eigenvalue weighted by Gasteiger charge is 2.32. The molecular formula is C34H32N4O6S. The number of nitrogens with zero attached hydrogens (tertiary/aromatic N) is 3. The van der Waals surface area contributed by atoms with E-state index in [0.29, 0.717) is 64.1 Å². The van der Waals surface area contributed by atoms with E-state index in [9.17, 15) is 14.4 Å². The van der Waals surface area contributed by atoms with Crippen LogP contribution in [0.4, 0.5) is 5.69 Å². The van der Waals surface area contributed by atoms with Gasteiger partial charge in [0.05, 0.1) is 42.2 Å². The highest BCUT2D eigenvalue weighted by atomic mass is 32.1. The third-order valence-corrected chi connectivity index (χ3v) is 8.59. The second-order valence-electron chi connectivity index (χ2n) is 10.5. The SMILES string of the molecule is COc1cccc([C@H]2C(C(=O)Nc3ccccc3)=C(C)N=c3s/c(=C/c4ccc(OCC(=O)N5CCOCC5)cc4)c(=O)n32)c1. The molecule has 0 unspecified atom stereocenters. The molecule has 11 heteroatoms. The van der Waals surface area contributed by atoms with E-state index < -0.39 is 6.04 Å². The molecule has 3 aromatic carbocycles. The van der Waals surface area contributed by atoms with Crippen molar-refractivity contribution in [2.24, 2.45) is 4.99 Å². The number of rotatable bonds is 8. The molecule has 1 atom stereocenters. The van der Waals surface area contributed by atoms with E-state index >= 15 is 0 Å². The minimum Gasteiger partial charge on any atom is -0.497 e. The molecule has 0 aliphatic carbocycles. The van der Waals surface area contributed by atoms with Crippen molar-refractivity contribution in [2.45, 2.75) is 13.0 Å². The maximum Gasteiger partial charge on any atom is 0.271 e. The topological polar surface area (TPSA) is 111 Å². The lowest BCUT2D eigenvalue weighted by molar-refractivity contribution is -0.137. The summed E-state index contributed by atoms with van der Waals surface area (Å²) in [6.45, 7) is 3.93. The Kier molecular flexibility index (Phi) is 8.90. The van der Waals surface area contributed by atoms with Crippen LogP contribution < -0.4 is 29.7 Å². The number of aromatic nitrogens is 1. The predicted molar refractivity (Wildman–Crippen MR) is 171 cm³/mol. The van der Waals surface area contributed by atoms with Gasteiger partial charge in [0, 0.05) is 18.8 Å². The highest BCUT2D eigenvalue weighted by molar-refractivity contribution is 7.07. The fourth-order valence-corrected chi connectivity index (χ4v) is 6.37. The van der Waals surface area contributed by atoms with E-state index in [0.717, 1.165) is 11.1 Å². The number of benzene rings is 3. The average Bonchev–Trinajstić information content (AvgIpc) is 3.37. The van der Waals surface area contributed by atoms with E-state index in [2.05, 4.69) is 5.32 Å². The maximum atomic E-state index is 14.0. The summed E-state index contributed by atoms with van der Waals surface area (Å²) in [6, 6.07) is 23.0. The summed E-state index contributed by atoms with van der Waals surface area (Å²) < 4.78 is 18.5. The van der Waals surface area contributed by atoms with Gasteiger partial charge < -0.3 is 24.4 Å². The second-order valence-corrected chi connectivity index (χ2v) is 11.5. The normalized spacial score (nSPS) is 16.5. The van der Waals surface area contributed by atoms with Gasteiger partial charge in [0.15, 0.2) is 11.4 Å². The summed E-state index contributed by atoms with van der Waals surface area (Å²) in [5.41, 5.74) is 2.78. The third-order valence-electron chi connectivity index (χ3n) is 7.61. The fraction of sp³-hybridized carbons (Fsp3) is 0.235. The van der Waals surface area contributed by atoms with Crippen molar-refractivity contribution in [1.82, 2.24) is 9.47 Å². The Morgan fingerprint density at radius 2 is 1.78 bits per heavy atom. The van der Waals surface area contributed by atoms with Crippen molar-refractivity contribution in [3.8, 4) is 11.5 Å². The molecule has 2 aliphatic heterocycles. The van der Waals surface area contributed by atoms with Crippen LogP contribution in [0.1, 0.15) is 24.1 Å². The summed E-state index contributed by atoms with van der Waals surface area (Å²) in [5, 5.41) is 2.96. The molecule has 4 aromatic rings. The van der Waals surface area contributed by atoms with Crippen LogP contribution in [-0.4, -0.2) is 61.3 Å². The minimum atomic E-state index is -0.720.